The Morgan fingerprint density at radius 3 is 1.70 bits per heavy atom. The summed E-state index contributed by atoms with van der Waals surface area (Å²) in [7, 11) is 0. The molecular formula is C32H60N4O8. The summed E-state index contributed by atoms with van der Waals surface area (Å²) >= 11 is 0. The van der Waals surface area contributed by atoms with Crippen LogP contribution in [0.2, 0.25) is 0 Å². The molecule has 0 radical (unpaired) electrons. The number of hydrogen-bond donors (Lipinski definition) is 3. The van der Waals surface area contributed by atoms with Gasteiger partial charge in [-0.05, 0) is 94.9 Å². The van der Waals surface area contributed by atoms with Crippen molar-refractivity contribution in [3.05, 3.63) is 12.7 Å². The number of ether oxygens (including phenoxy) is 3. The molecule has 2 saturated heterocycles. The number of carbonyl (C=O) groups is 3. The number of piperazine rings is 2. The summed E-state index contributed by atoms with van der Waals surface area (Å²) in [6.07, 6.45) is 2.95. The SMILES string of the molecule is C=CCOC(=O)N1CCN(C(=O)OC(C)(C)C)C(CCC(C)(C)O)C1.CC(C)(O)CCC1CNCCN1C(=O)OC(C)(C)C. The molecule has 2 aliphatic rings. The van der Waals surface area contributed by atoms with Crippen LogP contribution >= 0.6 is 0 Å². The fourth-order valence-electron chi connectivity index (χ4n) is 4.67. The second-order valence-corrected chi connectivity index (χ2v) is 14.9. The molecule has 0 aromatic rings. The highest BCUT2D eigenvalue weighted by molar-refractivity contribution is 5.71. The molecule has 2 aliphatic heterocycles. The van der Waals surface area contributed by atoms with E-state index in [1.54, 1.807) is 42.4 Å². The molecule has 2 atom stereocenters. The molecule has 0 spiro atoms. The number of carbonyl (C=O) groups excluding carboxylic acids is 3. The van der Waals surface area contributed by atoms with Gasteiger partial charge in [0, 0.05) is 45.3 Å². The standard InChI is InChI=1S/C18H32N2O5.C14H28N2O3/c1-7-12-24-15(21)19-10-11-20(16(22)25-17(2,3)4)14(13-19)8-9-18(5,6)23;1-13(2,3)19-12(17)16-9-8-15-10-11(16)6-7-14(4,5)18/h7,14,23H,1,8-13H2,2-6H3;11,15,18H,6-10H2,1-5H3. The van der Waals surface area contributed by atoms with Gasteiger partial charge >= 0.3 is 18.3 Å². The number of hydrogen-bond acceptors (Lipinski definition) is 9. The van der Waals surface area contributed by atoms with Crippen molar-refractivity contribution in [1.29, 1.82) is 0 Å². The molecule has 3 N–H and O–H groups in total. The van der Waals surface area contributed by atoms with Gasteiger partial charge in [0.15, 0.2) is 0 Å². The first-order valence-electron chi connectivity index (χ1n) is 15.7. The Morgan fingerprint density at radius 1 is 0.773 bits per heavy atom. The molecule has 12 nitrogen and oxygen atoms in total. The molecule has 3 amide bonds. The van der Waals surface area contributed by atoms with Gasteiger partial charge in [-0.1, -0.05) is 12.7 Å². The van der Waals surface area contributed by atoms with Crippen LogP contribution in [-0.4, -0.2) is 124 Å². The van der Waals surface area contributed by atoms with Crippen molar-refractivity contribution in [2.75, 3.05) is 45.9 Å². The minimum Gasteiger partial charge on any atom is -0.445 e. The van der Waals surface area contributed by atoms with Crippen LogP contribution in [0.4, 0.5) is 14.4 Å². The van der Waals surface area contributed by atoms with E-state index in [0.717, 1.165) is 19.5 Å². The summed E-state index contributed by atoms with van der Waals surface area (Å²) in [5.74, 6) is 0. The molecule has 0 bridgehead atoms. The fourth-order valence-corrected chi connectivity index (χ4v) is 4.67. The van der Waals surface area contributed by atoms with Gasteiger partial charge in [-0.2, -0.15) is 0 Å². The summed E-state index contributed by atoms with van der Waals surface area (Å²) in [5.41, 5.74) is -2.59. The van der Waals surface area contributed by atoms with Gasteiger partial charge in [-0.3, -0.25) is 0 Å². The Kier molecular flexibility index (Phi) is 14.9. The first-order chi connectivity index (χ1) is 20.0. The monoisotopic (exact) mass is 628 g/mol. The Morgan fingerprint density at radius 2 is 1.25 bits per heavy atom. The maximum Gasteiger partial charge on any atom is 0.410 e. The lowest BCUT2D eigenvalue weighted by Crippen LogP contribution is -2.57. The van der Waals surface area contributed by atoms with Crippen LogP contribution < -0.4 is 5.32 Å². The van der Waals surface area contributed by atoms with Crippen LogP contribution in [-0.2, 0) is 14.2 Å². The van der Waals surface area contributed by atoms with Gasteiger partial charge in [0.05, 0.1) is 17.2 Å². The van der Waals surface area contributed by atoms with Crippen molar-refractivity contribution in [2.45, 2.75) is 129 Å². The number of nitrogens with zero attached hydrogens (tertiary/aromatic N) is 3. The molecule has 2 rings (SSSR count). The second kappa shape index (κ2) is 16.7. The lowest BCUT2D eigenvalue weighted by molar-refractivity contribution is -0.00941. The lowest BCUT2D eigenvalue weighted by atomic mass is 9.97. The zero-order valence-electron chi connectivity index (χ0n) is 28.9. The van der Waals surface area contributed by atoms with Crippen molar-refractivity contribution in [3.63, 3.8) is 0 Å². The molecule has 256 valence electrons. The average molecular weight is 629 g/mol. The largest absolute Gasteiger partial charge is 0.445 e. The van der Waals surface area contributed by atoms with Crippen LogP contribution in [0.25, 0.3) is 0 Å². The summed E-state index contributed by atoms with van der Waals surface area (Å²) < 4.78 is 16.0. The Hall–Kier alpha value is -2.57. The van der Waals surface area contributed by atoms with Gasteiger partial charge in [0.1, 0.15) is 17.8 Å². The molecule has 0 aromatic carbocycles. The molecule has 2 unspecified atom stereocenters. The van der Waals surface area contributed by atoms with Crippen LogP contribution in [0.3, 0.4) is 0 Å². The highest BCUT2D eigenvalue weighted by Gasteiger charge is 2.36. The Bertz CT molecular complexity index is 930. The van der Waals surface area contributed by atoms with E-state index in [1.165, 1.54) is 6.08 Å². The van der Waals surface area contributed by atoms with E-state index >= 15 is 0 Å². The van der Waals surface area contributed by atoms with Crippen LogP contribution in [0, 0.1) is 0 Å². The summed E-state index contributed by atoms with van der Waals surface area (Å²) in [6, 6.07) is -0.138. The topological polar surface area (TPSA) is 141 Å². The highest BCUT2D eigenvalue weighted by Crippen LogP contribution is 2.23. The number of amides is 3. The quantitative estimate of drug-likeness (QED) is 0.261. The molecule has 0 aliphatic carbocycles. The maximum atomic E-state index is 12.5. The summed E-state index contributed by atoms with van der Waals surface area (Å²) in [5, 5.41) is 23.1. The fraction of sp³-hybridized carbons (Fsp3) is 0.844. The first kappa shape index (κ1) is 39.5. The minimum atomic E-state index is -0.842. The van der Waals surface area contributed by atoms with Crippen molar-refractivity contribution in [3.8, 4) is 0 Å². The van der Waals surface area contributed by atoms with E-state index in [-0.39, 0.29) is 24.8 Å². The van der Waals surface area contributed by atoms with Gasteiger partial charge in [0.25, 0.3) is 0 Å². The molecule has 2 fully saturated rings. The van der Waals surface area contributed by atoms with Gasteiger partial charge in [-0.25, -0.2) is 14.4 Å². The third-order valence-electron chi connectivity index (χ3n) is 6.85. The van der Waals surface area contributed by atoms with Crippen LogP contribution in [0.1, 0.15) is 94.9 Å². The van der Waals surface area contributed by atoms with Crippen molar-refractivity contribution < 1.29 is 38.8 Å². The smallest absolute Gasteiger partial charge is 0.410 e. The molecule has 44 heavy (non-hydrogen) atoms. The highest BCUT2D eigenvalue weighted by atomic mass is 16.6. The predicted octanol–water partition coefficient (Wildman–Crippen LogP) is 4.53. The summed E-state index contributed by atoms with van der Waals surface area (Å²) in [4.78, 5) is 41.7. The molecule has 2 heterocycles. The number of rotatable bonds is 8. The van der Waals surface area contributed by atoms with E-state index < -0.39 is 34.6 Å². The molecule has 12 heteroatoms. The van der Waals surface area contributed by atoms with E-state index in [0.29, 0.717) is 45.4 Å². The normalized spacial score (nSPS) is 19.9. The van der Waals surface area contributed by atoms with Crippen LogP contribution in [0.5, 0.6) is 0 Å². The minimum absolute atomic E-state index is 0.0926. The van der Waals surface area contributed by atoms with E-state index in [4.69, 9.17) is 14.2 Å². The van der Waals surface area contributed by atoms with Crippen LogP contribution in [0.15, 0.2) is 12.7 Å². The zero-order chi connectivity index (χ0) is 33.9. The Balaban J connectivity index is 0.000000457. The van der Waals surface area contributed by atoms with Gasteiger partial charge < -0.3 is 44.4 Å². The van der Waals surface area contributed by atoms with Gasteiger partial charge in [-0.15, -0.1) is 0 Å². The molecular weight excluding hydrogens is 568 g/mol. The van der Waals surface area contributed by atoms with E-state index in [1.807, 2.05) is 41.5 Å². The maximum absolute atomic E-state index is 12.5. The molecule has 0 aromatic heterocycles. The average Bonchev–Trinajstić information content (AvgIpc) is 2.87. The molecule has 0 saturated carbocycles. The summed E-state index contributed by atoms with van der Waals surface area (Å²) in [6.45, 7) is 25.1. The first-order valence-corrected chi connectivity index (χ1v) is 15.7. The van der Waals surface area contributed by atoms with Crippen molar-refractivity contribution >= 4 is 18.3 Å². The van der Waals surface area contributed by atoms with E-state index in [9.17, 15) is 24.6 Å². The third kappa shape index (κ3) is 16.5. The zero-order valence-corrected chi connectivity index (χ0v) is 28.9. The number of nitrogens with one attached hydrogen (secondary N) is 1. The predicted molar refractivity (Wildman–Crippen MR) is 171 cm³/mol. The number of aliphatic hydroxyl groups is 2. The van der Waals surface area contributed by atoms with Gasteiger partial charge in [0.2, 0.25) is 0 Å². The Labute approximate surface area is 265 Å². The lowest BCUT2D eigenvalue weighted by Gasteiger charge is -2.41. The van der Waals surface area contributed by atoms with E-state index in [2.05, 4.69) is 11.9 Å². The second-order valence-electron chi connectivity index (χ2n) is 14.9. The van der Waals surface area contributed by atoms with Crippen molar-refractivity contribution in [1.82, 2.24) is 20.0 Å². The third-order valence-corrected chi connectivity index (χ3v) is 6.85. The van der Waals surface area contributed by atoms with Crippen molar-refractivity contribution in [2.24, 2.45) is 0 Å².